The van der Waals surface area contributed by atoms with E-state index in [9.17, 15) is 4.79 Å². The Morgan fingerprint density at radius 2 is 1.67 bits per heavy atom. The predicted octanol–water partition coefficient (Wildman–Crippen LogP) is 3.25. The van der Waals surface area contributed by atoms with Crippen molar-refractivity contribution in [3.63, 3.8) is 0 Å². The van der Waals surface area contributed by atoms with Crippen LogP contribution in [0.15, 0.2) is 65.8 Å². The zero-order valence-electron chi connectivity index (χ0n) is 13.6. The summed E-state index contributed by atoms with van der Waals surface area (Å²) in [5.74, 6) is -0.238. The minimum absolute atomic E-state index is 0.238. The number of benzene rings is 2. The van der Waals surface area contributed by atoms with Crippen molar-refractivity contribution in [3.8, 4) is 5.69 Å². The van der Waals surface area contributed by atoms with Crippen molar-refractivity contribution in [2.24, 2.45) is 5.10 Å². The molecule has 2 aromatic carbocycles. The van der Waals surface area contributed by atoms with E-state index in [1.54, 1.807) is 18.3 Å². The molecule has 3 rings (SSSR count). The highest BCUT2D eigenvalue weighted by Gasteiger charge is 2.11. The van der Waals surface area contributed by atoms with Crippen LogP contribution in [0.2, 0.25) is 0 Å². The standard InChI is InChI=1S/C19H18N4O/c1-14-18(13-20-21-19(24)16-9-5-3-6-10-16)15(2)23(22-14)17-11-7-4-8-12-17/h3-13H,1-2H3,(H,21,24)/b20-13+. The van der Waals surface area contributed by atoms with Crippen LogP contribution < -0.4 is 5.43 Å². The third-order valence-electron chi connectivity index (χ3n) is 3.74. The van der Waals surface area contributed by atoms with Gasteiger partial charge in [0.25, 0.3) is 5.91 Å². The zero-order chi connectivity index (χ0) is 16.9. The van der Waals surface area contributed by atoms with Gasteiger partial charge in [-0.1, -0.05) is 36.4 Å². The van der Waals surface area contributed by atoms with Gasteiger partial charge in [0.2, 0.25) is 0 Å². The second-order valence-electron chi connectivity index (χ2n) is 5.40. The second-order valence-corrected chi connectivity index (χ2v) is 5.40. The molecule has 0 saturated heterocycles. The van der Waals surface area contributed by atoms with Crippen molar-refractivity contribution in [3.05, 3.63) is 83.2 Å². The number of carbonyl (C=O) groups is 1. The molecule has 1 heterocycles. The first-order valence-corrected chi connectivity index (χ1v) is 7.67. The minimum atomic E-state index is -0.238. The number of hydrazone groups is 1. The van der Waals surface area contributed by atoms with Crippen molar-refractivity contribution in [2.45, 2.75) is 13.8 Å². The van der Waals surface area contributed by atoms with Gasteiger partial charge in [0.1, 0.15) is 0 Å². The number of aromatic nitrogens is 2. The summed E-state index contributed by atoms with van der Waals surface area (Å²) in [7, 11) is 0. The molecule has 0 aliphatic heterocycles. The molecule has 24 heavy (non-hydrogen) atoms. The Morgan fingerprint density at radius 1 is 1.04 bits per heavy atom. The average molecular weight is 318 g/mol. The largest absolute Gasteiger partial charge is 0.271 e. The van der Waals surface area contributed by atoms with E-state index < -0.39 is 0 Å². The van der Waals surface area contributed by atoms with Crippen molar-refractivity contribution < 1.29 is 4.79 Å². The quantitative estimate of drug-likeness (QED) is 0.593. The summed E-state index contributed by atoms with van der Waals surface area (Å²) in [5, 5.41) is 8.62. The normalized spacial score (nSPS) is 10.9. The Bertz CT molecular complexity index is 867. The summed E-state index contributed by atoms with van der Waals surface area (Å²) in [6, 6.07) is 18.9. The summed E-state index contributed by atoms with van der Waals surface area (Å²) in [6.07, 6.45) is 1.64. The summed E-state index contributed by atoms with van der Waals surface area (Å²) >= 11 is 0. The van der Waals surface area contributed by atoms with E-state index in [0.29, 0.717) is 5.56 Å². The molecular formula is C19H18N4O. The molecule has 5 heteroatoms. The molecule has 0 radical (unpaired) electrons. The fourth-order valence-corrected chi connectivity index (χ4v) is 2.47. The number of rotatable bonds is 4. The molecule has 0 aliphatic rings. The fourth-order valence-electron chi connectivity index (χ4n) is 2.47. The monoisotopic (exact) mass is 318 g/mol. The number of hydrogen-bond donors (Lipinski definition) is 1. The number of amides is 1. The van der Waals surface area contributed by atoms with E-state index in [1.807, 2.05) is 67.1 Å². The van der Waals surface area contributed by atoms with Gasteiger partial charge in [-0.15, -0.1) is 0 Å². The van der Waals surface area contributed by atoms with E-state index >= 15 is 0 Å². The molecule has 0 aliphatic carbocycles. The number of aryl methyl sites for hydroxylation is 1. The lowest BCUT2D eigenvalue weighted by Gasteiger charge is -2.03. The van der Waals surface area contributed by atoms with E-state index in [4.69, 9.17) is 0 Å². The molecule has 0 fully saturated rings. The zero-order valence-corrected chi connectivity index (χ0v) is 13.6. The number of nitrogens with zero attached hydrogens (tertiary/aromatic N) is 3. The summed E-state index contributed by atoms with van der Waals surface area (Å²) in [6.45, 7) is 3.90. The van der Waals surface area contributed by atoms with Gasteiger partial charge in [-0.2, -0.15) is 10.2 Å². The molecule has 0 unspecified atom stereocenters. The molecule has 1 N–H and O–H groups in total. The van der Waals surface area contributed by atoms with E-state index in [0.717, 1.165) is 22.6 Å². The molecule has 1 amide bonds. The Kier molecular flexibility index (Phi) is 4.52. The van der Waals surface area contributed by atoms with Gasteiger partial charge in [0.15, 0.2) is 0 Å². The lowest BCUT2D eigenvalue weighted by Crippen LogP contribution is -2.17. The highest BCUT2D eigenvalue weighted by atomic mass is 16.2. The second kappa shape index (κ2) is 6.91. The van der Waals surface area contributed by atoms with Gasteiger partial charge in [0, 0.05) is 11.1 Å². The molecule has 0 bridgehead atoms. The number of carbonyl (C=O) groups excluding carboxylic acids is 1. The Hall–Kier alpha value is -3.21. The molecule has 120 valence electrons. The van der Waals surface area contributed by atoms with Gasteiger partial charge in [-0.3, -0.25) is 4.79 Å². The molecular weight excluding hydrogens is 300 g/mol. The van der Waals surface area contributed by atoms with Gasteiger partial charge in [0.05, 0.1) is 23.3 Å². The third-order valence-corrected chi connectivity index (χ3v) is 3.74. The highest BCUT2D eigenvalue weighted by molar-refractivity contribution is 5.95. The van der Waals surface area contributed by atoms with Crippen molar-refractivity contribution in [1.82, 2.24) is 15.2 Å². The summed E-state index contributed by atoms with van der Waals surface area (Å²) in [4.78, 5) is 12.0. The Labute approximate surface area is 140 Å². The van der Waals surface area contributed by atoms with E-state index in [1.165, 1.54) is 0 Å². The number of nitrogens with one attached hydrogen (secondary N) is 1. The van der Waals surface area contributed by atoms with Crippen molar-refractivity contribution in [2.75, 3.05) is 0 Å². The van der Waals surface area contributed by atoms with Gasteiger partial charge < -0.3 is 0 Å². The topological polar surface area (TPSA) is 59.3 Å². The maximum Gasteiger partial charge on any atom is 0.271 e. The van der Waals surface area contributed by atoms with E-state index in [2.05, 4.69) is 15.6 Å². The van der Waals surface area contributed by atoms with Crippen LogP contribution in [0.4, 0.5) is 0 Å². The van der Waals surface area contributed by atoms with Crippen LogP contribution in [0, 0.1) is 13.8 Å². The number of hydrogen-bond acceptors (Lipinski definition) is 3. The van der Waals surface area contributed by atoms with Gasteiger partial charge in [-0.25, -0.2) is 10.1 Å². The van der Waals surface area contributed by atoms with Crippen molar-refractivity contribution in [1.29, 1.82) is 0 Å². The first-order valence-electron chi connectivity index (χ1n) is 7.67. The average Bonchev–Trinajstić information content (AvgIpc) is 2.91. The lowest BCUT2D eigenvalue weighted by atomic mass is 10.2. The van der Waals surface area contributed by atoms with Crippen LogP contribution in [-0.4, -0.2) is 21.9 Å². The highest BCUT2D eigenvalue weighted by Crippen LogP contribution is 2.16. The third kappa shape index (κ3) is 3.25. The first-order chi connectivity index (χ1) is 11.7. The van der Waals surface area contributed by atoms with Gasteiger partial charge >= 0.3 is 0 Å². The van der Waals surface area contributed by atoms with Gasteiger partial charge in [-0.05, 0) is 38.1 Å². The maximum atomic E-state index is 12.0. The molecule has 0 saturated carbocycles. The Balaban J connectivity index is 1.78. The lowest BCUT2D eigenvalue weighted by molar-refractivity contribution is 0.0955. The molecule has 5 nitrogen and oxygen atoms in total. The van der Waals surface area contributed by atoms with E-state index in [-0.39, 0.29) is 5.91 Å². The fraction of sp³-hybridized carbons (Fsp3) is 0.105. The number of para-hydroxylation sites is 1. The molecule has 0 spiro atoms. The molecule has 1 aromatic heterocycles. The maximum absolute atomic E-state index is 12.0. The molecule has 3 aromatic rings. The summed E-state index contributed by atoms with van der Waals surface area (Å²) < 4.78 is 1.87. The van der Waals surface area contributed by atoms with Crippen LogP contribution in [0.1, 0.15) is 27.3 Å². The van der Waals surface area contributed by atoms with Crippen LogP contribution in [0.5, 0.6) is 0 Å². The Morgan fingerprint density at radius 3 is 2.33 bits per heavy atom. The van der Waals surface area contributed by atoms with Crippen LogP contribution in [0.25, 0.3) is 5.69 Å². The summed E-state index contributed by atoms with van der Waals surface area (Å²) in [5.41, 5.74) is 6.83. The van der Waals surface area contributed by atoms with Crippen LogP contribution in [-0.2, 0) is 0 Å². The first kappa shape index (κ1) is 15.7. The SMILES string of the molecule is Cc1nn(-c2ccccc2)c(C)c1/C=N/NC(=O)c1ccccc1. The molecule has 0 atom stereocenters. The van der Waals surface area contributed by atoms with Crippen LogP contribution >= 0.6 is 0 Å². The van der Waals surface area contributed by atoms with Crippen LogP contribution in [0.3, 0.4) is 0 Å². The van der Waals surface area contributed by atoms with Crippen molar-refractivity contribution >= 4 is 12.1 Å². The smallest absolute Gasteiger partial charge is 0.267 e. The minimum Gasteiger partial charge on any atom is -0.267 e. The predicted molar refractivity (Wildman–Crippen MR) is 94.5 cm³/mol.